The van der Waals surface area contributed by atoms with Gasteiger partial charge < -0.3 is 5.73 Å². The summed E-state index contributed by atoms with van der Waals surface area (Å²) in [5, 5.41) is 0. The van der Waals surface area contributed by atoms with E-state index in [9.17, 15) is 4.21 Å². The zero-order chi connectivity index (χ0) is 12.3. The van der Waals surface area contributed by atoms with Crippen molar-refractivity contribution in [2.75, 3.05) is 5.73 Å². The van der Waals surface area contributed by atoms with Crippen LogP contribution in [0.1, 0.15) is 39.3 Å². The molecule has 90 valence electrons. The highest BCUT2D eigenvalue weighted by Crippen LogP contribution is 2.21. The van der Waals surface area contributed by atoms with Gasteiger partial charge >= 0.3 is 0 Å². The zero-order valence-corrected chi connectivity index (χ0v) is 11.1. The molecule has 0 aromatic heterocycles. The van der Waals surface area contributed by atoms with E-state index in [0.717, 1.165) is 11.3 Å². The SMILES string of the molecule is C[C@@H](N[S@](=O)C(C)(C)C)c1ccccc1N. The van der Waals surface area contributed by atoms with Crippen LogP contribution in [0.5, 0.6) is 0 Å². The molecule has 0 bridgehead atoms. The smallest absolute Gasteiger partial charge is 0.0975 e. The Morgan fingerprint density at radius 3 is 2.38 bits per heavy atom. The van der Waals surface area contributed by atoms with E-state index in [1.807, 2.05) is 52.0 Å². The van der Waals surface area contributed by atoms with E-state index >= 15 is 0 Å². The maximum atomic E-state index is 11.9. The first kappa shape index (κ1) is 13.2. The van der Waals surface area contributed by atoms with Crippen molar-refractivity contribution in [2.24, 2.45) is 0 Å². The molecule has 1 rings (SSSR count). The van der Waals surface area contributed by atoms with Crippen LogP contribution < -0.4 is 10.5 Å². The average molecular weight is 240 g/mol. The van der Waals surface area contributed by atoms with Gasteiger partial charge in [-0.2, -0.15) is 0 Å². The van der Waals surface area contributed by atoms with E-state index in [-0.39, 0.29) is 10.8 Å². The summed E-state index contributed by atoms with van der Waals surface area (Å²) in [6, 6.07) is 7.62. The van der Waals surface area contributed by atoms with Crippen molar-refractivity contribution in [2.45, 2.75) is 38.5 Å². The van der Waals surface area contributed by atoms with Gasteiger partial charge in [0.2, 0.25) is 0 Å². The minimum absolute atomic E-state index is 0.0127. The second kappa shape index (κ2) is 4.97. The van der Waals surface area contributed by atoms with Gasteiger partial charge in [0.25, 0.3) is 0 Å². The number of anilines is 1. The Balaban J connectivity index is 2.78. The average Bonchev–Trinajstić information content (AvgIpc) is 2.16. The number of benzene rings is 1. The van der Waals surface area contributed by atoms with Crippen LogP contribution in [0.25, 0.3) is 0 Å². The minimum atomic E-state index is -1.08. The van der Waals surface area contributed by atoms with Crippen molar-refractivity contribution in [3.8, 4) is 0 Å². The lowest BCUT2D eigenvalue weighted by Gasteiger charge is -2.22. The second-order valence-corrected chi connectivity index (χ2v) is 6.85. The molecule has 3 N–H and O–H groups in total. The van der Waals surface area contributed by atoms with E-state index in [1.54, 1.807) is 0 Å². The van der Waals surface area contributed by atoms with Crippen LogP contribution in [-0.4, -0.2) is 8.96 Å². The molecule has 0 aliphatic carbocycles. The Bertz CT molecular complexity index is 385. The first-order valence-electron chi connectivity index (χ1n) is 5.35. The maximum absolute atomic E-state index is 11.9. The molecule has 0 aliphatic heterocycles. The number of para-hydroxylation sites is 1. The van der Waals surface area contributed by atoms with Crippen LogP contribution in [0.15, 0.2) is 24.3 Å². The molecule has 0 fully saturated rings. The van der Waals surface area contributed by atoms with Gasteiger partial charge in [-0.15, -0.1) is 0 Å². The van der Waals surface area contributed by atoms with Crippen LogP contribution >= 0.6 is 0 Å². The molecule has 0 spiro atoms. The highest BCUT2D eigenvalue weighted by Gasteiger charge is 2.22. The topological polar surface area (TPSA) is 55.1 Å². The molecule has 1 aromatic carbocycles. The summed E-state index contributed by atoms with van der Waals surface area (Å²) < 4.78 is 14.7. The van der Waals surface area contributed by atoms with Crippen LogP contribution in [0.4, 0.5) is 5.69 Å². The Morgan fingerprint density at radius 2 is 1.88 bits per heavy atom. The predicted molar refractivity (Wildman–Crippen MR) is 70.3 cm³/mol. The van der Waals surface area contributed by atoms with Crippen molar-refractivity contribution in [1.82, 2.24) is 4.72 Å². The van der Waals surface area contributed by atoms with Gasteiger partial charge in [-0.3, -0.25) is 0 Å². The van der Waals surface area contributed by atoms with Crippen molar-refractivity contribution in [3.05, 3.63) is 29.8 Å². The molecular formula is C12H20N2OS. The normalized spacial score (nSPS) is 15.8. The standard InChI is InChI=1S/C12H20N2OS/c1-9(14-16(15)12(2,3)4)10-7-5-6-8-11(10)13/h5-9,14H,13H2,1-4H3/t9-,16-/m1/s1. The number of rotatable bonds is 3. The van der Waals surface area contributed by atoms with Crippen LogP contribution in [0, 0.1) is 0 Å². The van der Waals surface area contributed by atoms with E-state index in [4.69, 9.17) is 5.73 Å². The number of nitrogens with one attached hydrogen (secondary N) is 1. The Morgan fingerprint density at radius 1 is 1.31 bits per heavy atom. The molecule has 3 nitrogen and oxygen atoms in total. The van der Waals surface area contributed by atoms with Gasteiger partial charge in [0.05, 0.1) is 15.7 Å². The molecule has 0 radical (unpaired) electrons. The van der Waals surface area contributed by atoms with Gasteiger partial charge in [0.15, 0.2) is 0 Å². The molecule has 0 aliphatic rings. The number of hydrogen-bond donors (Lipinski definition) is 2. The molecule has 0 heterocycles. The first-order chi connectivity index (χ1) is 7.32. The minimum Gasteiger partial charge on any atom is -0.398 e. The van der Waals surface area contributed by atoms with Gasteiger partial charge in [-0.1, -0.05) is 18.2 Å². The first-order valence-corrected chi connectivity index (χ1v) is 6.50. The van der Waals surface area contributed by atoms with Crippen molar-refractivity contribution in [3.63, 3.8) is 0 Å². The summed E-state index contributed by atoms with van der Waals surface area (Å²) in [6.07, 6.45) is 0. The number of nitrogens with two attached hydrogens (primary N) is 1. The van der Waals surface area contributed by atoms with Crippen molar-refractivity contribution in [1.29, 1.82) is 0 Å². The highest BCUT2D eigenvalue weighted by molar-refractivity contribution is 7.84. The lowest BCUT2D eigenvalue weighted by molar-refractivity contribution is 0.616. The van der Waals surface area contributed by atoms with Crippen LogP contribution in [-0.2, 0) is 11.0 Å². The molecule has 4 heteroatoms. The Labute approximate surface area is 100 Å². The van der Waals surface area contributed by atoms with Gasteiger partial charge in [0.1, 0.15) is 0 Å². The lowest BCUT2D eigenvalue weighted by atomic mass is 10.1. The summed E-state index contributed by atoms with van der Waals surface area (Å²) in [5.41, 5.74) is 7.58. The monoisotopic (exact) mass is 240 g/mol. The fourth-order valence-corrected chi connectivity index (χ4v) is 2.11. The predicted octanol–water partition coefficient (Wildman–Crippen LogP) is 2.38. The maximum Gasteiger partial charge on any atom is 0.0975 e. The van der Waals surface area contributed by atoms with Crippen molar-refractivity contribution < 1.29 is 4.21 Å². The van der Waals surface area contributed by atoms with Gasteiger partial charge in [-0.05, 0) is 39.3 Å². The largest absolute Gasteiger partial charge is 0.398 e. The number of nitrogen functional groups attached to an aromatic ring is 1. The summed E-state index contributed by atoms with van der Waals surface area (Å²) >= 11 is 0. The summed E-state index contributed by atoms with van der Waals surface area (Å²) in [7, 11) is -1.08. The summed E-state index contributed by atoms with van der Waals surface area (Å²) in [5.74, 6) is 0. The molecule has 1 aromatic rings. The van der Waals surface area contributed by atoms with Crippen LogP contribution in [0.2, 0.25) is 0 Å². The summed E-state index contributed by atoms with van der Waals surface area (Å²) in [4.78, 5) is 0. The molecule has 2 atom stereocenters. The zero-order valence-electron chi connectivity index (χ0n) is 10.3. The van der Waals surface area contributed by atoms with Crippen LogP contribution in [0.3, 0.4) is 0 Å². The third-order valence-corrected chi connectivity index (χ3v) is 3.98. The third-order valence-electron chi connectivity index (χ3n) is 2.30. The van der Waals surface area contributed by atoms with E-state index in [2.05, 4.69) is 4.72 Å². The third kappa shape index (κ3) is 3.32. The second-order valence-electron chi connectivity index (χ2n) is 4.85. The molecule has 16 heavy (non-hydrogen) atoms. The number of hydrogen-bond acceptors (Lipinski definition) is 2. The quantitative estimate of drug-likeness (QED) is 0.797. The highest BCUT2D eigenvalue weighted by atomic mass is 32.2. The van der Waals surface area contributed by atoms with Gasteiger partial charge in [-0.25, -0.2) is 8.93 Å². The Hall–Kier alpha value is -0.870. The van der Waals surface area contributed by atoms with E-state index in [1.165, 1.54) is 0 Å². The van der Waals surface area contributed by atoms with Crippen molar-refractivity contribution >= 4 is 16.7 Å². The molecule has 0 unspecified atom stereocenters. The summed E-state index contributed by atoms with van der Waals surface area (Å²) in [6.45, 7) is 7.79. The van der Waals surface area contributed by atoms with E-state index < -0.39 is 11.0 Å². The molecular weight excluding hydrogens is 220 g/mol. The Kier molecular flexibility index (Phi) is 4.10. The lowest BCUT2D eigenvalue weighted by Crippen LogP contribution is -2.35. The molecule has 0 saturated carbocycles. The molecule has 0 amide bonds. The van der Waals surface area contributed by atoms with E-state index in [0.29, 0.717) is 0 Å². The van der Waals surface area contributed by atoms with Gasteiger partial charge in [0, 0.05) is 11.7 Å². The molecule has 0 saturated heterocycles. The fourth-order valence-electron chi connectivity index (χ4n) is 1.31. The fraction of sp³-hybridized carbons (Fsp3) is 0.500.